The summed E-state index contributed by atoms with van der Waals surface area (Å²) in [5, 5.41) is 4.14. The van der Waals surface area contributed by atoms with Crippen molar-refractivity contribution in [3.8, 4) is 17.0 Å². The first kappa shape index (κ1) is 20.5. The average Bonchev–Trinajstić information content (AvgIpc) is 2.69. The van der Waals surface area contributed by atoms with Crippen molar-refractivity contribution in [2.75, 3.05) is 18.2 Å². The predicted molar refractivity (Wildman–Crippen MR) is 115 cm³/mol. The first-order valence-corrected chi connectivity index (χ1v) is 10.1. The Balaban J connectivity index is 1.67. The van der Waals surface area contributed by atoms with Crippen LogP contribution in [-0.4, -0.2) is 28.7 Å². The Labute approximate surface area is 177 Å². The number of carbonyl (C=O) groups excluding carboxylic acids is 1. The molecule has 3 rings (SSSR count). The van der Waals surface area contributed by atoms with E-state index in [4.69, 9.17) is 27.9 Å². The lowest BCUT2D eigenvalue weighted by Gasteiger charge is -2.08. The fourth-order valence-electron chi connectivity index (χ4n) is 2.42. The van der Waals surface area contributed by atoms with Gasteiger partial charge in [-0.15, -0.1) is 0 Å². The van der Waals surface area contributed by atoms with Gasteiger partial charge in [0.15, 0.2) is 5.16 Å². The van der Waals surface area contributed by atoms with E-state index in [2.05, 4.69) is 15.3 Å². The fourth-order valence-corrected chi connectivity index (χ4v) is 3.42. The molecule has 0 bridgehead atoms. The molecule has 1 amide bonds. The van der Waals surface area contributed by atoms with Crippen molar-refractivity contribution < 1.29 is 9.53 Å². The molecule has 1 N–H and O–H groups in total. The van der Waals surface area contributed by atoms with Gasteiger partial charge in [-0.3, -0.25) is 4.79 Å². The molecule has 5 nitrogen and oxygen atoms in total. The number of benzene rings is 2. The topological polar surface area (TPSA) is 64.1 Å². The molecule has 0 atom stereocenters. The van der Waals surface area contributed by atoms with Gasteiger partial charge < -0.3 is 10.1 Å². The van der Waals surface area contributed by atoms with Crippen molar-refractivity contribution >= 4 is 46.6 Å². The van der Waals surface area contributed by atoms with Gasteiger partial charge in [0.25, 0.3) is 0 Å². The van der Waals surface area contributed by atoms with Gasteiger partial charge in [0, 0.05) is 16.9 Å². The number of ether oxygens (including phenoxy) is 1. The molecule has 2 aromatic carbocycles. The standard InChI is InChI=1S/C20H17Cl2N3O2S/c1-12-9-18(13-3-6-15(27-2)7-4-13)25-20(23-12)28-11-19(26)24-14-5-8-16(21)17(22)10-14/h3-10H,11H2,1-2H3,(H,24,26). The summed E-state index contributed by atoms with van der Waals surface area (Å²) in [6, 6.07) is 14.5. The highest BCUT2D eigenvalue weighted by Crippen LogP contribution is 2.26. The minimum Gasteiger partial charge on any atom is -0.497 e. The zero-order valence-corrected chi connectivity index (χ0v) is 17.5. The van der Waals surface area contributed by atoms with Gasteiger partial charge in [0.05, 0.1) is 28.6 Å². The van der Waals surface area contributed by atoms with Crippen LogP contribution in [0, 0.1) is 6.92 Å². The van der Waals surface area contributed by atoms with Crippen molar-refractivity contribution in [1.82, 2.24) is 9.97 Å². The molecule has 0 saturated carbocycles. The van der Waals surface area contributed by atoms with E-state index in [1.54, 1.807) is 25.3 Å². The number of thioether (sulfide) groups is 1. The van der Waals surface area contributed by atoms with Crippen LogP contribution in [0.3, 0.4) is 0 Å². The third kappa shape index (κ3) is 5.38. The summed E-state index contributed by atoms with van der Waals surface area (Å²) >= 11 is 13.1. The zero-order chi connectivity index (χ0) is 20.1. The maximum atomic E-state index is 12.2. The SMILES string of the molecule is COc1ccc(-c2cc(C)nc(SCC(=O)Nc3ccc(Cl)c(Cl)c3)n2)cc1. The summed E-state index contributed by atoms with van der Waals surface area (Å²) in [7, 11) is 1.63. The van der Waals surface area contributed by atoms with Crippen LogP contribution in [0.5, 0.6) is 5.75 Å². The molecule has 0 fully saturated rings. The van der Waals surface area contributed by atoms with Crippen LogP contribution in [0.4, 0.5) is 5.69 Å². The number of nitrogens with one attached hydrogen (secondary N) is 1. The number of anilines is 1. The number of halogens is 2. The molecule has 3 aromatic rings. The molecule has 144 valence electrons. The van der Waals surface area contributed by atoms with E-state index in [1.807, 2.05) is 37.3 Å². The monoisotopic (exact) mass is 433 g/mol. The molecule has 0 aliphatic rings. The summed E-state index contributed by atoms with van der Waals surface area (Å²) in [4.78, 5) is 21.2. The van der Waals surface area contributed by atoms with Crippen molar-refractivity contribution in [3.05, 3.63) is 64.3 Å². The second kappa shape index (κ2) is 9.28. The van der Waals surface area contributed by atoms with Crippen LogP contribution < -0.4 is 10.1 Å². The van der Waals surface area contributed by atoms with E-state index in [0.29, 0.717) is 20.9 Å². The van der Waals surface area contributed by atoms with E-state index in [1.165, 1.54) is 11.8 Å². The minimum atomic E-state index is -0.181. The quantitative estimate of drug-likeness (QED) is 0.410. The summed E-state index contributed by atoms with van der Waals surface area (Å²) in [6.07, 6.45) is 0. The molecule has 0 aliphatic carbocycles. The molecule has 0 saturated heterocycles. The zero-order valence-electron chi connectivity index (χ0n) is 15.2. The lowest BCUT2D eigenvalue weighted by Crippen LogP contribution is -2.14. The van der Waals surface area contributed by atoms with Gasteiger partial charge in [-0.05, 0) is 55.5 Å². The van der Waals surface area contributed by atoms with E-state index < -0.39 is 0 Å². The Morgan fingerprint density at radius 3 is 2.50 bits per heavy atom. The Morgan fingerprint density at radius 1 is 1.07 bits per heavy atom. The van der Waals surface area contributed by atoms with E-state index in [-0.39, 0.29) is 11.7 Å². The summed E-state index contributed by atoms with van der Waals surface area (Å²) < 4.78 is 5.18. The average molecular weight is 434 g/mol. The number of hydrogen-bond donors (Lipinski definition) is 1. The lowest BCUT2D eigenvalue weighted by molar-refractivity contribution is -0.113. The maximum Gasteiger partial charge on any atom is 0.234 e. The Bertz CT molecular complexity index is 997. The Kier molecular flexibility index (Phi) is 6.78. The lowest BCUT2D eigenvalue weighted by atomic mass is 10.1. The number of hydrogen-bond acceptors (Lipinski definition) is 5. The number of amides is 1. The van der Waals surface area contributed by atoms with E-state index in [0.717, 1.165) is 22.7 Å². The van der Waals surface area contributed by atoms with Crippen LogP contribution in [0.15, 0.2) is 53.7 Å². The molecule has 1 aromatic heterocycles. The number of aromatic nitrogens is 2. The summed E-state index contributed by atoms with van der Waals surface area (Å²) in [6.45, 7) is 1.90. The number of methoxy groups -OCH3 is 1. The smallest absolute Gasteiger partial charge is 0.234 e. The van der Waals surface area contributed by atoms with Crippen molar-refractivity contribution in [3.63, 3.8) is 0 Å². The van der Waals surface area contributed by atoms with Crippen molar-refractivity contribution in [2.45, 2.75) is 12.1 Å². The second-order valence-corrected chi connectivity index (χ2v) is 7.63. The molecule has 1 heterocycles. The molecule has 0 aliphatic heterocycles. The molecule has 0 spiro atoms. The van der Waals surface area contributed by atoms with Gasteiger partial charge in [0.2, 0.25) is 5.91 Å². The van der Waals surface area contributed by atoms with Crippen LogP contribution in [0.25, 0.3) is 11.3 Å². The minimum absolute atomic E-state index is 0.172. The number of aryl methyl sites for hydroxylation is 1. The number of rotatable bonds is 6. The molecule has 0 unspecified atom stereocenters. The van der Waals surface area contributed by atoms with Gasteiger partial charge in [-0.1, -0.05) is 35.0 Å². The second-order valence-electron chi connectivity index (χ2n) is 5.87. The van der Waals surface area contributed by atoms with E-state index >= 15 is 0 Å². The van der Waals surface area contributed by atoms with Gasteiger partial charge in [-0.25, -0.2) is 9.97 Å². The highest BCUT2D eigenvalue weighted by molar-refractivity contribution is 7.99. The highest BCUT2D eigenvalue weighted by Gasteiger charge is 2.10. The predicted octanol–water partition coefficient (Wildman–Crippen LogP) is 5.50. The van der Waals surface area contributed by atoms with Gasteiger partial charge in [-0.2, -0.15) is 0 Å². The van der Waals surface area contributed by atoms with Crippen LogP contribution in [-0.2, 0) is 4.79 Å². The number of nitrogens with zero attached hydrogens (tertiary/aromatic N) is 2. The maximum absolute atomic E-state index is 12.2. The van der Waals surface area contributed by atoms with Gasteiger partial charge >= 0.3 is 0 Å². The molecule has 0 radical (unpaired) electrons. The van der Waals surface area contributed by atoms with Crippen molar-refractivity contribution in [2.24, 2.45) is 0 Å². The Hall–Kier alpha value is -2.28. The molecule has 28 heavy (non-hydrogen) atoms. The summed E-state index contributed by atoms with van der Waals surface area (Å²) in [5.74, 6) is 0.772. The molecular formula is C20H17Cl2N3O2S. The van der Waals surface area contributed by atoms with Crippen LogP contribution >= 0.6 is 35.0 Å². The third-order valence-electron chi connectivity index (χ3n) is 3.76. The fraction of sp³-hybridized carbons (Fsp3) is 0.150. The highest BCUT2D eigenvalue weighted by atomic mass is 35.5. The normalized spacial score (nSPS) is 10.6. The molecular weight excluding hydrogens is 417 g/mol. The summed E-state index contributed by atoms with van der Waals surface area (Å²) in [5.41, 5.74) is 3.16. The Morgan fingerprint density at radius 2 is 1.82 bits per heavy atom. The number of carbonyl (C=O) groups is 1. The van der Waals surface area contributed by atoms with E-state index in [9.17, 15) is 4.79 Å². The van der Waals surface area contributed by atoms with Crippen LogP contribution in [0.1, 0.15) is 5.69 Å². The first-order chi connectivity index (χ1) is 13.4. The van der Waals surface area contributed by atoms with Crippen molar-refractivity contribution in [1.29, 1.82) is 0 Å². The third-order valence-corrected chi connectivity index (χ3v) is 5.34. The van der Waals surface area contributed by atoms with Gasteiger partial charge in [0.1, 0.15) is 5.75 Å². The van der Waals surface area contributed by atoms with Crippen LogP contribution in [0.2, 0.25) is 10.0 Å². The first-order valence-electron chi connectivity index (χ1n) is 8.32. The molecule has 8 heteroatoms. The largest absolute Gasteiger partial charge is 0.497 e.